The minimum Gasteiger partial charge on any atom is -0.376 e. The van der Waals surface area contributed by atoms with E-state index >= 15 is 0 Å². The van der Waals surface area contributed by atoms with E-state index in [0.29, 0.717) is 38.8 Å². The predicted octanol–water partition coefficient (Wildman–Crippen LogP) is 4.24. The molecule has 29 heavy (non-hydrogen) atoms. The SMILES string of the molecule is CNCCCN(C)P(=O)(CCOCc1ccccc1)CCOCc1ccccc1. The zero-order valence-corrected chi connectivity index (χ0v) is 18.7. The van der Waals surface area contributed by atoms with Crippen molar-refractivity contribution in [1.29, 1.82) is 0 Å². The van der Waals surface area contributed by atoms with Crippen molar-refractivity contribution in [3.8, 4) is 0 Å². The zero-order valence-electron chi connectivity index (χ0n) is 17.8. The molecule has 0 heterocycles. The summed E-state index contributed by atoms with van der Waals surface area (Å²) in [5, 5.41) is 3.15. The van der Waals surface area contributed by atoms with Crippen LogP contribution in [0.5, 0.6) is 0 Å². The van der Waals surface area contributed by atoms with E-state index in [9.17, 15) is 4.57 Å². The number of ether oxygens (including phenoxy) is 2. The standard InChI is InChI=1S/C23H35N2O3P/c1-24-14-9-15-25(2)29(26,18-16-27-20-22-10-5-3-6-11-22)19-17-28-21-23-12-7-4-8-13-23/h3-8,10-13,24H,9,14-21H2,1-2H3. The maximum atomic E-state index is 13.7. The highest BCUT2D eigenvalue weighted by Crippen LogP contribution is 2.48. The van der Waals surface area contributed by atoms with Crippen molar-refractivity contribution >= 4 is 7.29 Å². The van der Waals surface area contributed by atoms with Crippen LogP contribution in [0.25, 0.3) is 0 Å². The Hall–Kier alpha value is -1.49. The van der Waals surface area contributed by atoms with Crippen molar-refractivity contribution in [2.24, 2.45) is 0 Å². The molecule has 0 saturated carbocycles. The van der Waals surface area contributed by atoms with Crippen LogP contribution in [-0.4, -0.2) is 57.4 Å². The summed E-state index contributed by atoms with van der Waals surface area (Å²) < 4.78 is 27.3. The van der Waals surface area contributed by atoms with Gasteiger partial charge in [0.25, 0.3) is 0 Å². The summed E-state index contributed by atoms with van der Waals surface area (Å²) >= 11 is 0. The fraction of sp³-hybridized carbons (Fsp3) is 0.478. The Morgan fingerprint density at radius 2 is 1.34 bits per heavy atom. The first kappa shape index (κ1) is 23.8. The lowest BCUT2D eigenvalue weighted by Crippen LogP contribution is -2.25. The molecule has 0 aliphatic heterocycles. The highest BCUT2D eigenvalue weighted by Gasteiger charge is 2.27. The molecule has 160 valence electrons. The third-order valence-electron chi connectivity index (χ3n) is 4.92. The van der Waals surface area contributed by atoms with Crippen LogP contribution in [0, 0.1) is 0 Å². The summed E-state index contributed by atoms with van der Waals surface area (Å²) in [5.74, 6) is 0. The van der Waals surface area contributed by atoms with Crippen molar-refractivity contribution < 1.29 is 14.0 Å². The van der Waals surface area contributed by atoms with Gasteiger partial charge in [-0.05, 0) is 38.2 Å². The first-order chi connectivity index (χ1) is 14.1. The van der Waals surface area contributed by atoms with Crippen LogP contribution in [0.3, 0.4) is 0 Å². The Morgan fingerprint density at radius 3 is 1.79 bits per heavy atom. The maximum Gasteiger partial charge on any atom is 0.154 e. The van der Waals surface area contributed by atoms with E-state index in [1.54, 1.807) is 0 Å². The van der Waals surface area contributed by atoms with Gasteiger partial charge in [-0.15, -0.1) is 0 Å². The smallest absolute Gasteiger partial charge is 0.154 e. The highest BCUT2D eigenvalue weighted by molar-refractivity contribution is 7.61. The highest BCUT2D eigenvalue weighted by atomic mass is 31.2. The molecule has 5 nitrogen and oxygen atoms in total. The number of hydrogen-bond donors (Lipinski definition) is 1. The molecule has 0 aliphatic carbocycles. The van der Waals surface area contributed by atoms with Crippen molar-refractivity contribution in [2.75, 3.05) is 52.7 Å². The third kappa shape index (κ3) is 9.24. The van der Waals surface area contributed by atoms with E-state index in [1.165, 1.54) is 0 Å². The molecular weight excluding hydrogens is 383 g/mol. The Morgan fingerprint density at radius 1 is 0.862 bits per heavy atom. The van der Waals surface area contributed by atoms with Crippen LogP contribution in [-0.2, 0) is 27.3 Å². The largest absolute Gasteiger partial charge is 0.376 e. The number of nitrogens with one attached hydrogen (secondary N) is 1. The van der Waals surface area contributed by atoms with Crippen molar-refractivity contribution in [3.05, 3.63) is 71.8 Å². The van der Waals surface area contributed by atoms with Crippen molar-refractivity contribution in [2.45, 2.75) is 19.6 Å². The normalized spacial score (nSPS) is 11.8. The minimum atomic E-state index is -2.54. The summed E-state index contributed by atoms with van der Waals surface area (Å²) in [7, 11) is 1.36. The third-order valence-corrected chi connectivity index (χ3v) is 8.13. The second-order valence-electron chi connectivity index (χ2n) is 7.21. The predicted molar refractivity (Wildman–Crippen MR) is 121 cm³/mol. The van der Waals surface area contributed by atoms with Gasteiger partial charge in [0, 0.05) is 18.9 Å². The van der Waals surface area contributed by atoms with Gasteiger partial charge >= 0.3 is 0 Å². The molecule has 0 unspecified atom stereocenters. The van der Waals surface area contributed by atoms with Gasteiger partial charge in [-0.3, -0.25) is 4.67 Å². The van der Waals surface area contributed by atoms with Gasteiger partial charge < -0.3 is 19.4 Å². The van der Waals surface area contributed by atoms with Gasteiger partial charge in [0.15, 0.2) is 7.29 Å². The second kappa shape index (κ2) is 13.7. The lowest BCUT2D eigenvalue weighted by Gasteiger charge is -2.28. The summed E-state index contributed by atoms with van der Waals surface area (Å²) in [5.41, 5.74) is 2.27. The van der Waals surface area contributed by atoms with Crippen LogP contribution in [0.1, 0.15) is 17.5 Å². The first-order valence-corrected chi connectivity index (χ1v) is 12.3. The molecule has 0 saturated heterocycles. The molecular formula is C23H35N2O3P. The molecule has 0 aromatic heterocycles. The number of nitrogens with zero attached hydrogens (tertiary/aromatic N) is 1. The Bertz CT molecular complexity index is 661. The number of rotatable bonds is 15. The van der Waals surface area contributed by atoms with Crippen LogP contribution >= 0.6 is 7.29 Å². The van der Waals surface area contributed by atoms with Crippen molar-refractivity contribution in [3.63, 3.8) is 0 Å². The van der Waals surface area contributed by atoms with E-state index in [0.717, 1.165) is 30.6 Å². The molecule has 6 heteroatoms. The molecule has 0 radical (unpaired) electrons. The van der Waals surface area contributed by atoms with Gasteiger partial charge in [0.2, 0.25) is 0 Å². The maximum absolute atomic E-state index is 13.7. The van der Waals surface area contributed by atoms with Gasteiger partial charge in [0.1, 0.15) is 0 Å². The van der Waals surface area contributed by atoms with E-state index < -0.39 is 7.29 Å². The molecule has 2 aromatic carbocycles. The van der Waals surface area contributed by atoms with Gasteiger partial charge in [-0.2, -0.15) is 0 Å². The van der Waals surface area contributed by atoms with Crippen LogP contribution < -0.4 is 5.32 Å². The molecule has 0 amide bonds. The molecule has 0 spiro atoms. The van der Waals surface area contributed by atoms with Crippen LogP contribution in [0.4, 0.5) is 0 Å². The summed E-state index contributed by atoms with van der Waals surface area (Å²) in [6.45, 7) is 3.79. The van der Waals surface area contributed by atoms with Crippen LogP contribution in [0.15, 0.2) is 60.7 Å². The van der Waals surface area contributed by atoms with Gasteiger partial charge in [0.05, 0.1) is 26.4 Å². The van der Waals surface area contributed by atoms with Crippen molar-refractivity contribution in [1.82, 2.24) is 9.99 Å². The minimum absolute atomic E-state index is 0.487. The second-order valence-corrected chi connectivity index (χ2v) is 10.5. The summed E-state index contributed by atoms with van der Waals surface area (Å²) in [4.78, 5) is 0. The number of benzene rings is 2. The lowest BCUT2D eigenvalue weighted by atomic mass is 10.2. The zero-order chi connectivity index (χ0) is 20.8. The topological polar surface area (TPSA) is 50.8 Å². The van der Waals surface area contributed by atoms with E-state index in [1.807, 2.05) is 79.4 Å². The molecule has 2 aromatic rings. The van der Waals surface area contributed by atoms with Gasteiger partial charge in [-0.25, -0.2) is 0 Å². The molecule has 0 atom stereocenters. The van der Waals surface area contributed by atoms with Gasteiger partial charge in [-0.1, -0.05) is 60.7 Å². The quantitative estimate of drug-likeness (QED) is 0.346. The fourth-order valence-corrected chi connectivity index (χ4v) is 5.30. The molecule has 0 bridgehead atoms. The molecule has 0 aliphatic rings. The lowest BCUT2D eigenvalue weighted by molar-refractivity contribution is 0.129. The monoisotopic (exact) mass is 418 g/mol. The Kier molecular flexibility index (Phi) is 11.2. The van der Waals surface area contributed by atoms with E-state index in [4.69, 9.17) is 9.47 Å². The summed E-state index contributed by atoms with van der Waals surface area (Å²) in [6.07, 6.45) is 2.06. The molecule has 2 rings (SSSR count). The van der Waals surface area contributed by atoms with E-state index in [2.05, 4.69) is 5.32 Å². The molecule has 0 fully saturated rings. The molecule has 1 N–H and O–H groups in total. The number of hydrogen-bond acceptors (Lipinski definition) is 4. The van der Waals surface area contributed by atoms with E-state index in [-0.39, 0.29) is 0 Å². The fourth-order valence-electron chi connectivity index (χ4n) is 3.06. The summed E-state index contributed by atoms with van der Waals surface area (Å²) in [6, 6.07) is 20.2. The first-order valence-electron chi connectivity index (χ1n) is 10.3. The Balaban J connectivity index is 1.81. The average molecular weight is 419 g/mol. The Labute approximate surface area is 175 Å². The van der Waals surface area contributed by atoms with Crippen LogP contribution in [0.2, 0.25) is 0 Å². The average Bonchev–Trinajstić information content (AvgIpc) is 2.76.